The average Bonchev–Trinajstić information content (AvgIpc) is 3.19. The monoisotopic (exact) mass is 379 g/mol. The smallest absolute Gasteiger partial charge is 0.261 e. The molecule has 3 N–H and O–H groups in total. The zero-order valence-electron chi connectivity index (χ0n) is 16.3. The van der Waals surface area contributed by atoms with Gasteiger partial charge in [0.2, 0.25) is 0 Å². The molecule has 0 radical (unpaired) electrons. The summed E-state index contributed by atoms with van der Waals surface area (Å²) in [6, 6.07) is 3.73. The number of hydrogen-bond donors (Lipinski definition) is 3. The molecule has 1 amide bonds. The number of carbonyl (C=O) groups is 1. The van der Waals surface area contributed by atoms with E-state index in [-0.39, 0.29) is 11.4 Å². The lowest BCUT2D eigenvalue weighted by Crippen LogP contribution is -2.55. The maximum absolute atomic E-state index is 11.9. The summed E-state index contributed by atoms with van der Waals surface area (Å²) in [5.41, 5.74) is 0.118. The minimum atomic E-state index is 0.00536. The molecule has 2 rings (SSSR count). The van der Waals surface area contributed by atoms with Crippen molar-refractivity contribution < 1.29 is 4.79 Å². The molecule has 1 fully saturated rings. The van der Waals surface area contributed by atoms with Crippen molar-refractivity contribution in [3.8, 4) is 0 Å². The minimum Gasteiger partial charge on any atom is -0.356 e. The Morgan fingerprint density at radius 2 is 1.92 bits per heavy atom. The fraction of sp³-hybridized carbons (Fsp3) is 0.684. The summed E-state index contributed by atoms with van der Waals surface area (Å²) in [5, 5.41) is 11.6. The van der Waals surface area contributed by atoms with Gasteiger partial charge in [0.05, 0.1) is 4.88 Å². The van der Waals surface area contributed by atoms with E-state index in [0.717, 1.165) is 30.3 Å². The molecular formula is C19H33N5OS. The Labute approximate surface area is 161 Å². The lowest BCUT2D eigenvalue weighted by Gasteiger charge is -2.41. The highest BCUT2D eigenvalue weighted by Crippen LogP contribution is 2.19. The number of carbonyl (C=O) groups excluding carboxylic acids is 1. The van der Waals surface area contributed by atoms with Crippen LogP contribution in [0.5, 0.6) is 0 Å². The van der Waals surface area contributed by atoms with Crippen molar-refractivity contribution in [3.63, 3.8) is 0 Å². The van der Waals surface area contributed by atoms with Crippen molar-refractivity contribution in [1.29, 1.82) is 0 Å². The summed E-state index contributed by atoms with van der Waals surface area (Å²) in [6.07, 6.45) is 4.81. The van der Waals surface area contributed by atoms with Crippen LogP contribution in [0.2, 0.25) is 0 Å². The number of amides is 1. The van der Waals surface area contributed by atoms with Gasteiger partial charge in [0.15, 0.2) is 5.96 Å². The summed E-state index contributed by atoms with van der Waals surface area (Å²) >= 11 is 1.46. The first-order valence-corrected chi connectivity index (χ1v) is 10.4. The number of nitrogens with one attached hydrogen (secondary N) is 3. The molecular weight excluding hydrogens is 346 g/mol. The maximum Gasteiger partial charge on any atom is 0.261 e. The molecule has 1 aliphatic rings. The van der Waals surface area contributed by atoms with Gasteiger partial charge in [-0.1, -0.05) is 12.5 Å². The van der Waals surface area contributed by atoms with Gasteiger partial charge >= 0.3 is 0 Å². The van der Waals surface area contributed by atoms with Crippen molar-refractivity contribution in [2.75, 3.05) is 39.8 Å². The van der Waals surface area contributed by atoms with Crippen LogP contribution in [0.3, 0.4) is 0 Å². The first kappa shape index (κ1) is 20.7. The van der Waals surface area contributed by atoms with Gasteiger partial charge in [0.25, 0.3) is 5.91 Å². The molecule has 6 nitrogen and oxygen atoms in total. The third-order valence-electron chi connectivity index (χ3n) is 4.80. The van der Waals surface area contributed by atoms with Crippen LogP contribution in [-0.4, -0.2) is 62.1 Å². The quantitative estimate of drug-likeness (QED) is 0.368. The van der Waals surface area contributed by atoms with E-state index in [1.807, 2.05) is 17.5 Å². The molecule has 26 heavy (non-hydrogen) atoms. The molecule has 1 aromatic heterocycles. The third kappa shape index (κ3) is 6.61. The number of guanidine groups is 1. The Balaban J connectivity index is 1.62. The van der Waals surface area contributed by atoms with E-state index in [1.54, 1.807) is 7.05 Å². The van der Waals surface area contributed by atoms with Crippen LogP contribution in [0.4, 0.5) is 0 Å². The number of thiophene rings is 1. The highest BCUT2D eigenvalue weighted by molar-refractivity contribution is 7.12. The van der Waals surface area contributed by atoms with Crippen LogP contribution in [-0.2, 0) is 0 Å². The molecule has 0 aromatic carbocycles. The van der Waals surface area contributed by atoms with Gasteiger partial charge in [-0.2, -0.15) is 0 Å². The van der Waals surface area contributed by atoms with Crippen molar-refractivity contribution in [2.24, 2.45) is 4.99 Å². The van der Waals surface area contributed by atoms with Gasteiger partial charge in [-0.25, -0.2) is 0 Å². The Bertz CT molecular complexity index is 564. The van der Waals surface area contributed by atoms with Gasteiger partial charge in [0, 0.05) is 32.2 Å². The SMILES string of the molecule is CN=C(NCCCNC(=O)c1cccs1)NCC(C)(C)N1CCCCC1. The van der Waals surface area contributed by atoms with E-state index < -0.39 is 0 Å². The third-order valence-corrected chi connectivity index (χ3v) is 5.67. The Morgan fingerprint density at radius 3 is 2.58 bits per heavy atom. The second-order valence-electron chi connectivity index (χ2n) is 7.30. The lowest BCUT2D eigenvalue weighted by molar-refractivity contribution is 0.0957. The Kier molecular flexibility index (Phi) is 8.38. The van der Waals surface area contributed by atoms with Crippen LogP contribution >= 0.6 is 11.3 Å². The van der Waals surface area contributed by atoms with E-state index >= 15 is 0 Å². The van der Waals surface area contributed by atoms with Gasteiger partial charge in [0.1, 0.15) is 0 Å². The molecule has 2 heterocycles. The van der Waals surface area contributed by atoms with E-state index in [4.69, 9.17) is 0 Å². The van der Waals surface area contributed by atoms with Crippen LogP contribution in [0.15, 0.2) is 22.5 Å². The fourth-order valence-electron chi connectivity index (χ4n) is 3.12. The fourth-order valence-corrected chi connectivity index (χ4v) is 3.76. The molecule has 0 bridgehead atoms. The van der Waals surface area contributed by atoms with Gasteiger partial charge in [-0.15, -0.1) is 11.3 Å². The van der Waals surface area contributed by atoms with E-state index in [2.05, 4.69) is 39.7 Å². The van der Waals surface area contributed by atoms with Crippen LogP contribution < -0.4 is 16.0 Å². The minimum absolute atomic E-state index is 0.00536. The zero-order chi connectivity index (χ0) is 18.8. The molecule has 1 aliphatic heterocycles. The number of aliphatic imine (C=N–C) groups is 1. The van der Waals surface area contributed by atoms with Crippen molar-refractivity contribution >= 4 is 23.2 Å². The predicted octanol–water partition coefficient (Wildman–Crippen LogP) is 2.30. The number of rotatable bonds is 8. The Morgan fingerprint density at radius 1 is 1.19 bits per heavy atom. The molecule has 0 saturated carbocycles. The lowest BCUT2D eigenvalue weighted by atomic mass is 9.98. The second kappa shape index (κ2) is 10.5. The second-order valence-corrected chi connectivity index (χ2v) is 8.25. The number of nitrogens with zero attached hydrogens (tertiary/aromatic N) is 2. The first-order valence-electron chi connectivity index (χ1n) is 9.54. The predicted molar refractivity (Wildman–Crippen MR) is 110 cm³/mol. The number of hydrogen-bond acceptors (Lipinski definition) is 4. The van der Waals surface area contributed by atoms with E-state index in [9.17, 15) is 4.79 Å². The molecule has 0 aliphatic carbocycles. The summed E-state index contributed by atoms with van der Waals surface area (Å²) in [4.78, 5) is 19.5. The zero-order valence-corrected chi connectivity index (χ0v) is 17.1. The highest BCUT2D eigenvalue weighted by atomic mass is 32.1. The standard InChI is InChI=1S/C19H33N5OS/c1-19(2,24-12-5-4-6-13-24)15-23-18(20-3)22-11-8-10-21-17(25)16-9-7-14-26-16/h7,9,14H,4-6,8,10-13,15H2,1-3H3,(H,21,25)(H2,20,22,23). The van der Waals surface area contributed by atoms with Crippen LogP contribution in [0, 0.1) is 0 Å². The van der Waals surface area contributed by atoms with Gasteiger partial charge in [-0.05, 0) is 57.6 Å². The largest absolute Gasteiger partial charge is 0.356 e. The van der Waals surface area contributed by atoms with E-state index in [1.165, 1.54) is 43.7 Å². The normalized spacial score (nSPS) is 16.3. The van der Waals surface area contributed by atoms with Crippen LogP contribution in [0.25, 0.3) is 0 Å². The molecule has 0 spiro atoms. The molecule has 1 aromatic rings. The number of likely N-dealkylation sites (tertiary alicyclic amines) is 1. The summed E-state index contributed by atoms with van der Waals surface area (Å²) in [6.45, 7) is 9.24. The molecule has 7 heteroatoms. The summed E-state index contributed by atoms with van der Waals surface area (Å²) < 4.78 is 0. The molecule has 0 unspecified atom stereocenters. The van der Waals surface area contributed by atoms with E-state index in [0.29, 0.717) is 6.54 Å². The number of piperidine rings is 1. The molecule has 0 atom stereocenters. The summed E-state index contributed by atoms with van der Waals surface area (Å²) in [7, 11) is 1.79. The molecule has 146 valence electrons. The first-order chi connectivity index (χ1) is 12.5. The highest BCUT2D eigenvalue weighted by Gasteiger charge is 2.27. The van der Waals surface area contributed by atoms with Crippen molar-refractivity contribution in [1.82, 2.24) is 20.9 Å². The summed E-state index contributed by atoms with van der Waals surface area (Å²) in [5.74, 6) is 0.824. The van der Waals surface area contributed by atoms with Gasteiger partial charge < -0.3 is 16.0 Å². The molecule has 1 saturated heterocycles. The van der Waals surface area contributed by atoms with Gasteiger partial charge in [-0.3, -0.25) is 14.7 Å². The Hall–Kier alpha value is -1.60. The van der Waals surface area contributed by atoms with Crippen molar-refractivity contribution in [2.45, 2.75) is 45.1 Å². The average molecular weight is 380 g/mol. The maximum atomic E-state index is 11.9. The van der Waals surface area contributed by atoms with Crippen LogP contribution in [0.1, 0.15) is 49.2 Å². The topological polar surface area (TPSA) is 68.8 Å². The van der Waals surface area contributed by atoms with Crippen molar-refractivity contribution in [3.05, 3.63) is 22.4 Å².